The van der Waals surface area contributed by atoms with E-state index in [1.165, 1.54) is 0 Å². The molecule has 0 atom stereocenters. The van der Waals surface area contributed by atoms with Gasteiger partial charge in [0, 0.05) is 18.7 Å². The summed E-state index contributed by atoms with van der Waals surface area (Å²) in [6.45, 7) is 12.6. The molecular formula is C19H28N2O4. The molecule has 1 aliphatic rings. The van der Waals surface area contributed by atoms with Gasteiger partial charge in [0.25, 0.3) is 0 Å². The minimum absolute atomic E-state index is 0.119. The van der Waals surface area contributed by atoms with Gasteiger partial charge in [0.2, 0.25) is 0 Å². The lowest BCUT2D eigenvalue weighted by Gasteiger charge is -2.31. The second kappa shape index (κ2) is 7.42. The smallest absolute Gasteiger partial charge is 0.410 e. The predicted molar refractivity (Wildman–Crippen MR) is 94.6 cm³/mol. The summed E-state index contributed by atoms with van der Waals surface area (Å²) in [5.41, 5.74) is 2.53. The van der Waals surface area contributed by atoms with Crippen molar-refractivity contribution >= 4 is 12.1 Å². The number of hydrogen-bond acceptors (Lipinski definition) is 5. The van der Waals surface area contributed by atoms with E-state index in [9.17, 15) is 9.59 Å². The van der Waals surface area contributed by atoms with Crippen molar-refractivity contribution < 1.29 is 19.1 Å². The summed E-state index contributed by atoms with van der Waals surface area (Å²) in [4.78, 5) is 31.0. The van der Waals surface area contributed by atoms with E-state index in [4.69, 9.17) is 14.5 Å². The minimum Gasteiger partial charge on any atom is -0.462 e. The molecule has 2 heterocycles. The Kier molecular flexibility index (Phi) is 5.70. The number of fused-ring (bicyclic) bond motifs is 1. The van der Waals surface area contributed by atoms with Gasteiger partial charge in [0.15, 0.2) is 0 Å². The predicted octanol–water partition coefficient (Wildman–Crippen LogP) is 3.67. The van der Waals surface area contributed by atoms with Crippen molar-refractivity contribution in [3.8, 4) is 0 Å². The summed E-state index contributed by atoms with van der Waals surface area (Å²) >= 11 is 0. The summed E-state index contributed by atoms with van der Waals surface area (Å²) in [5, 5.41) is 0. The van der Waals surface area contributed by atoms with Gasteiger partial charge in [-0.25, -0.2) is 9.59 Å². The number of carbonyl (C=O) groups is 2. The van der Waals surface area contributed by atoms with Gasteiger partial charge in [-0.15, -0.1) is 0 Å². The zero-order valence-corrected chi connectivity index (χ0v) is 16.0. The third kappa shape index (κ3) is 4.71. The van der Waals surface area contributed by atoms with Crippen LogP contribution in [0.25, 0.3) is 0 Å². The maximum atomic E-state index is 12.3. The Bertz CT molecular complexity index is 662. The second-order valence-corrected chi connectivity index (χ2v) is 7.55. The van der Waals surface area contributed by atoms with Crippen molar-refractivity contribution in [1.82, 2.24) is 9.88 Å². The van der Waals surface area contributed by atoms with E-state index in [2.05, 4.69) is 0 Å². The lowest BCUT2D eigenvalue weighted by atomic mass is 9.97. The fourth-order valence-electron chi connectivity index (χ4n) is 2.78. The Labute approximate surface area is 149 Å². The van der Waals surface area contributed by atoms with Gasteiger partial charge in [-0.2, -0.15) is 0 Å². The van der Waals surface area contributed by atoms with E-state index >= 15 is 0 Å². The molecule has 0 radical (unpaired) electrons. The maximum Gasteiger partial charge on any atom is 0.410 e. The Morgan fingerprint density at radius 1 is 1.32 bits per heavy atom. The van der Waals surface area contributed by atoms with E-state index in [1.54, 1.807) is 11.8 Å². The number of ether oxygens (including phenoxy) is 2. The SMILES string of the molecule is CCOC(=O)c1cc2c(nc1C(C)C)CCN(C(=O)OC(C)(C)C)C2. The molecule has 1 aromatic rings. The van der Waals surface area contributed by atoms with Gasteiger partial charge in [-0.05, 0) is 45.2 Å². The van der Waals surface area contributed by atoms with Gasteiger partial charge < -0.3 is 14.4 Å². The molecule has 0 aliphatic carbocycles. The number of nitrogens with zero attached hydrogens (tertiary/aromatic N) is 2. The molecule has 6 heteroatoms. The lowest BCUT2D eigenvalue weighted by Crippen LogP contribution is -2.40. The summed E-state index contributed by atoms with van der Waals surface area (Å²) in [7, 11) is 0. The van der Waals surface area contributed by atoms with Crippen molar-refractivity contribution in [2.75, 3.05) is 13.2 Å². The van der Waals surface area contributed by atoms with Crippen LogP contribution in [-0.4, -0.2) is 40.7 Å². The second-order valence-electron chi connectivity index (χ2n) is 7.55. The highest BCUT2D eigenvalue weighted by Crippen LogP contribution is 2.26. The third-order valence-corrected chi connectivity index (χ3v) is 3.89. The van der Waals surface area contributed by atoms with Crippen LogP contribution in [0.15, 0.2) is 6.07 Å². The van der Waals surface area contributed by atoms with Crippen molar-refractivity contribution in [3.63, 3.8) is 0 Å². The molecule has 0 aromatic carbocycles. The van der Waals surface area contributed by atoms with Gasteiger partial charge in [-0.1, -0.05) is 13.8 Å². The average Bonchev–Trinajstić information content (AvgIpc) is 2.51. The highest BCUT2D eigenvalue weighted by atomic mass is 16.6. The van der Waals surface area contributed by atoms with Gasteiger partial charge in [0.1, 0.15) is 5.60 Å². The molecule has 0 saturated carbocycles. The molecule has 138 valence electrons. The molecule has 0 saturated heterocycles. The van der Waals surface area contributed by atoms with E-state index in [-0.39, 0.29) is 18.0 Å². The van der Waals surface area contributed by atoms with E-state index in [1.807, 2.05) is 40.7 Å². The van der Waals surface area contributed by atoms with Crippen LogP contribution in [0.2, 0.25) is 0 Å². The van der Waals surface area contributed by atoms with Crippen LogP contribution in [0.1, 0.15) is 74.8 Å². The summed E-state index contributed by atoms with van der Waals surface area (Å²) < 4.78 is 10.6. The number of hydrogen-bond donors (Lipinski definition) is 0. The summed E-state index contributed by atoms with van der Waals surface area (Å²) in [6.07, 6.45) is 0.306. The first-order chi connectivity index (χ1) is 11.6. The number of rotatable bonds is 3. The van der Waals surface area contributed by atoms with Gasteiger partial charge in [-0.3, -0.25) is 4.98 Å². The summed E-state index contributed by atoms with van der Waals surface area (Å²) in [6, 6.07) is 1.83. The Morgan fingerprint density at radius 3 is 2.56 bits per heavy atom. The molecule has 1 aromatic heterocycles. The third-order valence-electron chi connectivity index (χ3n) is 3.89. The number of esters is 1. The molecule has 0 N–H and O–H groups in total. The van der Waals surface area contributed by atoms with E-state index in [0.29, 0.717) is 31.7 Å². The Morgan fingerprint density at radius 2 is 2.00 bits per heavy atom. The molecule has 1 amide bonds. The van der Waals surface area contributed by atoms with Crippen LogP contribution >= 0.6 is 0 Å². The minimum atomic E-state index is -0.535. The molecule has 1 aliphatic heterocycles. The van der Waals surface area contributed by atoms with Crippen molar-refractivity contribution in [3.05, 3.63) is 28.6 Å². The maximum absolute atomic E-state index is 12.3. The average molecular weight is 348 g/mol. The number of aromatic nitrogens is 1. The van der Waals surface area contributed by atoms with E-state index in [0.717, 1.165) is 17.0 Å². The number of pyridine rings is 1. The van der Waals surface area contributed by atoms with Crippen molar-refractivity contribution in [2.45, 2.75) is 66.0 Å². The molecular weight excluding hydrogens is 320 g/mol. The van der Waals surface area contributed by atoms with Crippen molar-refractivity contribution in [1.29, 1.82) is 0 Å². The molecule has 0 spiro atoms. The quantitative estimate of drug-likeness (QED) is 0.780. The molecule has 0 bridgehead atoms. The number of amides is 1. The molecule has 6 nitrogen and oxygen atoms in total. The normalized spacial score (nSPS) is 14.3. The monoisotopic (exact) mass is 348 g/mol. The lowest BCUT2D eigenvalue weighted by molar-refractivity contribution is 0.0222. The van der Waals surface area contributed by atoms with Crippen LogP contribution < -0.4 is 0 Å². The van der Waals surface area contributed by atoms with Crippen LogP contribution in [0, 0.1) is 0 Å². The zero-order valence-electron chi connectivity index (χ0n) is 16.0. The molecule has 0 unspecified atom stereocenters. The van der Waals surface area contributed by atoms with Crippen LogP contribution in [0.3, 0.4) is 0 Å². The van der Waals surface area contributed by atoms with Crippen LogP contribution in [0.4, 0.5) is 4.79 Å². The summed E-state index contributed by atoms with van der Waals surface area (Å²) in [5.74, 6) is -0.246. The standard InChI is InChI=1S/C19H28N2O4/c1-7-24-17(22)14-10-13-11-21(18(23)25-19(4,5)6)9-8-15(13)20-16(14)12(2)3/h10,12H,7-9,11H2,1-6H3. The fraction of sp³-hybridized carbons (Fsp3) is 0.632. The Balaban J connectivity index is 2.30. The van der Waals surface area contributed by atoms with Gasteiger partial charge >= 0.3 is 12.1 Å². The first kappa shape index (κ1) is 19.2. The first-order valence-electron chi connectivity index (χ1n) is 8.80. The fourth-order valence-corrected chi connectivity index (χ4v) is 2.78. The highest BCUT2D eigenvalue weighted by Gasteiger charge is 2.28. The zero-order chi connectivity index (χ0) is 18.8. The Hall–Kier alpha value is -2.11. The first-order valence-corrected chi connectivity index (χ1v) is 8.80. The topological polar surface area (TPSA) is 68.7 Å². The molecule has 25 heavy (non-hydrogen) atoms. The van der Waals surface area contributed by atoms with E-state index < -0.39 is 5.60 Å². The largest absolute Gasteiger partial charge is 0.462 e. The molecule has 2 rings (SSSR count). The highest BCUT2D eigenvalue weighted by molar-refractivity contribution is 5.91. The molecule has 0 fully saturated rings. The van der Waals surface area contributed by atoms with Gasteiger partial charge in [0.05, 0.1) is 24.4 Å². The van der Waals surface area contributed by atoms with Crippen LogP contribution in [0.5, 0.6) is 0 Å². The number of carbonyl (C=O) groups excluding carboxylic acids is 2. The van der Waals surface area contributed by atoms with Crippen molar-refractivity contribution in [2.24, 2.45) is 0 Å². The van der Waals surface area contributed by atoms with Crippen LogP contribution in [-0.2, 0) is 22.4 Å².